The Morgan fingerprint density at radius 1 is 1.31 bits per heavy atom. The first-order chi connectivity index (χ1) is 12.6. The summed E-state index contributed by atoms with van der Waals surface area (Å²) in [6.45, 7) is 2.84. The molecular weight excluding hydrogens is 322 g/mol. The molecule has 26 heavy (non-hydrogen) atoms. The van der Waals surface area contributed by atoms with E-state index in [0.717, 1.165) is 37.8 Å². The molecule has 3 rings (SSSR count). The highest BCUT2D eigenvalue weighted by molar-refractivity contribution is 5.24. The highest BCUT2D eigenvalue weighted by atomic mass is 16.3. The molecule has 1 aromatic rings. The SMILES string of the molecule is Cc1cccc(C[C@H](O)C=C[C@@H]2[C@H]3CC(CCCCN)=C[C@H]3C[C@H]2O)c1. The van der Waals surface area contributed by atoms with Crippen molar-refractivity contribution in [2.75, 3.05) is 6.54 Å². The Kier molecular flexibility index (Phi) is 6.68. The van der Waals surface area contributed by atoms with Crippen LogP contribution in [0.2, 0.25) is 0 Å². The van der Waals surface area contributed by atoms with Crippen LogP contribution in [0.5, 0.6) is 0 Å². The number of fused-ring (bicyclic) bond motifs is 1. The van der Waals surface area contributed by atoms with Crippen LogP contribution < -0.4 is 5.73 Å². The standard InChI is InChI=1S/C23H33NO2/c1-16-5-4-7-17(11-16)13-20(25)8-9-21-22-14-18(6-2-3-10-24)12-19(22)15-23(21)26/h4-5,7-9,11-12,19-23,25-26H,2-3,6,10,13-15,24H2,1H3/t19-,20+,21+,22-,23+/m0/s1. The first-order valence-corrected chi connectivity index (χ1v) is 10.1. The molecule has 0 saturated heterocycles. The van der Waals surface area contributed by atoms with Crippen molar-refractivity contribution in [3.05, 3.63) is 59.2 Å². The monoisotopic (exact) mass is 355 g/mol. The summed E-state index contributed by atoms with van der Waals surface area (Å²) in [6, 6.07) is 8.27. The van der Waals surface area contributed by atoms with Crippen LogP contribution >= 0.6 is 0 Å². The van der Waals surface area contributed by atoms with Gasteiger partial charge in [0.25, 0.3) is 0 Å². The molecule has 0 unspecified atom stereocenters. The largest absolute Gasteiger partial charge is 0.392 e. The lowest BCUT2D eigenvalue weighted by Gasteiger charge is -2.19. The number of aliphatic hydroxyl groups excluding tert-OH is 2. The van der Waals surface area contributed by atoms with Gasteiger partial charge in [0.2, 0.25) is 0 Å². The van der Waals surface area contributed by atoms with Crippen LogP contribution in [0, 0.1) is 24.7 Å². The lowest BCUT2D eigenvalue weighted by Crippen LogP contribution is -2.18. The van der Waals surface area contributed by atoms with Crippen LogP contribution in [0.3, 0.4) is 0 Å². The number of benzene rings is 1. The fraction of sp³-hybridized carbons (Fsp3) is 0.565. The minimum Gasteiger partial charge on any atom is -0.392 e. The van der Waals surface area contributed by atoms with Gasteiger partial charge in [-0.2, -0.15) is 0 Å². The predicted molar refractivity (Wildman–Crippen MR) is 107 cm³/mol. The van der Waals surface area contributed by atoms with E-state index in [2.05, 4.69) is 37.3 Å². The minimum absolute atomic E-state index is 0.162. The maximum atomic E-state index is 10.5. The Balaban J connectivity index is 1.55. The van der Waals surface area contributed by atoms with E-state index in [0.29, 0.717) is 18.3 Å². The number of aryl methyl sites for hydroxylation is 1. The van der Waals surface area contributed by atoms with Crippen LogP contribution in [0.1, 0.15) is 43.2 Å². The molecule has 3 nitrogen and oxygen atoms in total. The van der Waals surface area contributed by atoms with Gasteiger partial charge in [0.15, 0.2) is 0 Å². The second-order valence-corrected chi connectivity index (χ2v) is 8.13. The van der Waals surface area contributed by atoms with Crippen molar-refractivity contribution >= 4 is 0 Å². The molecule has 0 aromatic heterocycles. The summed E-state index contributed by atoms with van der Waals surface area (Å²) < 4.78 is 0. The third-order valence-electron chi connectivity index (χ3n) is 5.98. The summed E-state index contributed by atoms with van der Waals surface area (Å²) in [5, 5.41) is 20.8. The van der Waals surface area contributed by atoms with E-state index in [-0.39, 0.29) is 12.0 Å². The van der Waals surface area contributed by atoms with Gasteiger partial charge in [-0.3, -0.25) is 0 Å². The van der Waals surface area contributed by atoms with Gasteiger partial charge in [-0.15, -0.1) is 0 Å². The van der Waals surface area contributed by atoms with E-state index in [1.54, 1.807) is 5.57 Å². The first-order valence-electron chi connectivity index (χ1n) is 10.1. The second-order valence-electron chi connectivity index (χ2n) is 8.13. The summed E-state index contributed by atoms with van der Waals surface area (Å²) in [5.74, 6) is 1.16. The van der Waals surface area contributed by atoms with E-state index in [1.165, 1.54) is 12.0 Å². The number of unbranched alkanes of at least 4 members (excludes halogenated alkanes) is 1. The summed E-state index contributed by atoms with van der Waals surface area (Å²) >= 11 is 0. The van der Waals surface area contributed by atoms with Gasteiger partial charge in [-0.1, -0.05) is 53.6 Å². The zero-order valence-electron chi connectivity index (χ0n) is 15.8. The average Bonchev–Trinajstić information content (AvgIpc) is 3.10. The summed E-state index contributed by atoms with van der Waals surface area (Å²) in [5.41, 5.74) is 9.50. The molecule has 0 bridgehead atoms. The molecule has 5 atom stereocenters. The molecule has 0 spiro atoms. The second kappa shape index (κ2) is 8.98. The van der Waals surface area contributed by atoms with Crippen molar-refractivity contribution in [2.45, 2.75) is 57.7 Å². The van der Waals surface area contributed by atoms with E-state index in [1.807, 2.05) is 12.1 Å². The predicted octanol–water partition coefficient (Wildman–Crippen LogP) is 3.53. The smallest absolute Gasteiger partial charge is 0.0761 e. The highest BCUT2D eigenvalue weighted by Gasteiger charge is 2.43. The first kappa shape index (κ1) is 19.3. The molecule has 1 fully saturated rings. The van der Waals surface area contributed by atoms with Crippen LogP contribution in [-0.4, -0.2) is 29.0 Å². The number of aliphatic hydroxyl groups is 2. The topological polar surface area (TPSA) is 66.5 Å². The zero-order chi connectivity index (χ0) is 18.5. The van der Waals surface area contributed by atoms with Crippen LogP contribution in [0.15, 0.2) is 48.1 Å². The number of hydrogen-bond acceptors (Lipinski definition) is 3. The normalized spacial score (nSPS) is 29.2. The molecule has 1 saturated carbocycles. The maximum Gasteiger partial charge on any atom is 0.0761 e. The van der Waals surface area contributed by atoms with E-state index >= 15 is 0 Å². The molecule has 1 aromatic carbocycles. The average molecular weight is 356 g/mol. The van der Waals surface area contributed by atoms with Gasteiger partial charge >= 0.3 is 0 Å². The van der Waals surface area contributed by atoms with E-state index in [9.17, 15) is 10.2 Å². The Morgan fingerprint density at radius 2 is 2.15 bits per heavy atom. The quantitative estimate of drug-likeness (QED) is 0.494. The third kappa shape index (κ3) is 4.85. The third-order valence-corrected chi connectivity index (χ3v) is 5.98. The molecule has 0 heterocycles. The van der Waals surface area contributed by atoms with Gasteiger partial charge in [-0.25, -0.2) is 0 Å². The molecule has 4 N–H and O–H groups in total. The van der Waals surface area contributed by atoms with E-state index in [4.69, 9.17) is 5.73 Å². The van der Waals surface area contributed by atoms with Crippen molar-refractivity contribution in [1.29, 1.82) is 0 Å². The van der Waals surface area contributed by atoms with Gasteiger partial charge in [-0.05, 0) is 63.0 Å². The Morgan fingerprint density at radius 3 is 2.92 bits per heavy atom. The lowest BCUT2D eigenvalue weighted by atomic mass is 9.88. The molecular formula is C23H33NO2. The zero-order valence-corrected chi connectivity index (χ0v) is 15.8. The summed E-state index contributed by atoms with van der Waals surface area (Å²) in [6.07, 6.45) is 11.6. The fourth-order valence-corrected chi connectivity index (χ4v) is 4.69. The molecule has 0 radical (unpaired) electrons. The number of nitrogens with two attached hydrogens (primary N) is 1. The maximum absolute atomic E-state index is 10.5. The Labute approximate surface area is 157 Å². The number of rotatable bonds is 8. The van der Waals surface area contributed by atoms with Gasteiger partial charge < -0.3 is 15.9 Å². The van der Waals surface area contributed by atoms with Crippen LogP contribution in [0.4, 0.5) is 0 Å². The van der Waals surface area contributed by atoms with Crippen molar-refractivity contribution in [3.8, 4) is 0 Å². The summed E-state index contributed by atoms with van der Waals surface area (Å²) in [4.78, 5) is 0. The fourth-order valence-electron chi connectivity index (χ4n) is 4.69. The van der Waals surface area contributed by atoms with Crippen LogP contribution in [-0.2, 0) is 6.42 Å². The molecule has 2 aliphatic carbocycles. The Hall–Kier alpha value is -1.42. The van der Waals surface area contributed by atoms with E-state index < -0.39 is 6.10 Å². The van der Waals surface area contributed by atoms with Crippen LogP contribution in [0.25, 0.3) is 0 Å². The van der Waals surface area contributed by atoms with Gasteiger partial charge in [0, 0.05) is 12.3 Å². The number of allylic oxidation sites excluding steroid dienone is 2. The highest BCUT2D eigenvalue weighted by Crippen LogP contribution is 2.48. The molecule has 2 aliphatic rings. The molecule has 0 aliphatic heterocycles. The molecule has 3 heteroatoms. The molecule has 142 valence electrons. The minimum atomic E-state index is -0.499. The van der Waals surface area contributed by atoms with Crippen molar-refractivity contribution in [1.82, 2.24) is 0 Å². The Bertz CT molecular complexity index is 651. The van der Waals surface area contributed by atoms with Gasteiger partial charge in [0.1, 0.15) is 0 Å². The van der Waals surface area contributed by atoms with Crippen molar-refractivity contribution in [2.24, 2.45) is 23.5 Å². The lowest BCUT2D eigenvalue weighted by molar-refractivity contribution is 0.140. The van der Waals surface area contributed by atoms with Crippen molar-refractivity contribution < 1.29 is 10.2 Å². The molecule has 0 amide bonds. The van der Waals surface area contributed by atoms with Gasteiger partial charge in [0.05, 0.1) is 12.2 Å². The van der Waals surface area contributed by atoms with Crippen molar-refractivity contribution in [3.63, 3.8) is 0 Å². The number of hydrogen-bond donors (Lipinski definition) is 3. The summed E-state index contributed by atoms with van der Waals surface area (Å²) in [7, 11) is 0.